The molecule has 244 valence electrons. The Morgan fingerprint density at radius 1 is 0.480 bits per heavy atom. The Balaban J connectivity index is 1.14. The lowest BCUT2D eigenvalue weighted by Crippen LogP contribution is -2.57. The van der Waals surface area contributed by atoms with Crippen LogP contribution < -0.4 is 30.8 Å². The second kappa shape index (κ2) is 9.94. The van der Waals surface area contributed by atoms with E-state index in [4.69, 9.17) is 9.47 Å². The first-order valence-electron chi connectivity index (χ1n) is 17.9. The monoisotopic (exact) mass is 649 g/mol. The summed E-state index contributed by atoms with van der Waals surface area (Å²) in [5.74, 6) is 3.70. The molecule has 0 saturated heterocycles. The summed E-state index contributed by atoms with van der Waals surface area (Å²) >= 11 is 0. The van der Waals surface area contributed by atoms with Crippen molar-refractivity contribution in [1.82, 2.24) is 0 Å². The van der Waals surface area contributed by atoms with Crippen LogP contribution in [0.4, 0.5) is 17.1 Å². The van der Waals surface area contributed by atoms with Gasteiger partial charge in [0, 0.05) is 27.9 Å². The van der Waals surface area contributed by atoms with E-state index in [-0.39, 0.29) is 23.0 Å². The molecule has 4 aliphatic rings. The fourth-order valence-electron chi connectivity index (χ4n) is 9.85. The molecule has 2 aliphatic carbocycles. The van der Waals surface area contributed by atoms with E-state index >= 15 is 0 Å². The Morgan fingerprint density at radius 3 is 1.64 bits per heavy atom. The van der Waals surface area contributed by atoms with Gasteiger partial charge in [-0.15, -0.1) is 0 Å². The van der Waals surface area contributed by atoms with Gasteiger partial charge in [0.2, 0.25) is 0 Å². The molecular weight excluding hydrogens is 609 g/mol. The van der Waals surface area contributed by atoms with Gasteiger partial charge < -0.3 is 14.4 Å². The highest BCUT2D eigenvalue weighted by Gasteiger charge is 2.47. The predicted molar refractivity (Wildman–Crippen MR) is 207 cm³/mol. The van der Waals surface area contributed by atoms with E-state index in [0.717, 1.165) is 51.9 Å². The van der Waals surface area contributed by atoms with Crippen LogP contribution in [-0.2, 0) is 16.2 Å². The predicted octanol–water partition coefficient (Wildman–Crippen LogP) is 10.1. The van der Waals surface area contributed by atoms with Crippen molar-refractivity contribution in [3.63, 3.8) is 0 Å². The third kappa shape index (κ3) is 4.05. The molecule has 0 atom stereocenters. The zero-order valence-electron chi connectivity index (χ0n) is 29.6. The fourth-order valence-corrected chi connectivity index (χ4v) is 9.85. The Hall–Kier alpha value is -5.22. The van der Waals surface area contributed by atoms with Crippen molar-refractivity contribution in [1.29, 1.82) is 0 Å². The molecule has 2 aliphatic heterocycles. The number of nitrogens with zero attached hydrogens (tertiary/aromatic N) is 1. The summed E-state index contributed by atoms with van der Waals surface area (Å²) in [7, 11) is 0. The van der Waals surface area contributed by atoms with E-state index in [9.17, 15) is 0 Å². The van der Waals surface area contributed by atoms with Crippen molar-refractivity contribution in [2.75, 3.05) is 4.90 Å². The number of hydrogen-bond acceptors (Lipinski definition) is 3. The fraction of sp³-hybridized carbons (Fsp3) is 0.217. The Morgan fingerprint density at radius 2 is 1.02 bits per heavy atom. The average Bonchev–Trinajstić information content (AvgIpc) is 3.43. The lowest BCUT2D eigenvalue weighted by atomic mass is 9.34. The van der Waals surface area contributed by atoms with E-state index in [2.05, 4.69) is 168 Å². The highest BCUT2D eigenvalue weighted by molar-refractivity contribution is 6.98. The van der Waals surface area contributed by atoms with E-state index in [0.29, 0.717) is 0 Å². The molecular formula is C46H40BNO2. The molecule has 0 bridgehead atoms. The first-order chi connectivity index (χ1) is 24.0. The van der Waals surface area contributed by atoms with Crippen LogP contribution in [0.1, 0.15) is 70.2 Å². The third-order valence-electron chi connectivity index (χ3n) is 11.9. The molecule has 4 heteroatoms. The molecule has 0 aromatic heterocycles. The van der Waals surface area contributed by atoms with Gasteiger partial charge in [-0.25, -0.2) is 0 Å². The molecule has 0 amide bonds. The Kier molecular flexibility index (Phi) is 5.90. The minimum Gasteiger partial charge on any atom is -0.458 e. The summed E-state index contributed by atoms with van der Waals surface area (Å²) in [6.45, 7) is 14.3. The number of rotatable bonds is 3. The van der Waals surface area contributed by atoms with Crippen LogP contribution in [0.25, 0.3) is 11.1 Å². The maximum Gasteiger partial charge on any atom is 0.260 e. The number of anilines is 3. The Bertz CT molecular complexity index is 2350. The molecule has 0 N–H and O–H groups in total. The average molecular weight is 650 g/mol. The van der Waals surface area contributed by atoms with Gasteiger partial charge in [0.25, 0.3) is 6.71 Å². The van der Waals surface area contributed by atoms with Gasteiger partial charge >= 0.3 is 0 Å². The van der Waals surface area contributed by atoms with E-state index in [1.54, 1.807) is 0 Å². The minimum atomic E-state index is -0.216. The van der Waals surface area contributed by atoms with Crippen LogP contribution in [0, 0.1) is 0 Å². The van der Waals surface area contributed by atoms with E-state index < -0.39 is 0 Å². The molecule has 2 heterocycles. The van der Waals surface area contributed by atoms with E-state index in [1.807, 2.05) is 0 Å². The largest absolute Gasteiger partial charge is 0.458 e. The molecule has 6 aromatic carbocycles. The van der Waals surface area contributed by atoms with Crippen molar-refractivity contribution >= 4 is 40.2 Å². The van der Waals surface area contributed by atoms with Gasteiger partial charge in [0.05, 0.1) is 0 Å². The first-order valence-corrected chi connectivity index (χ1v) is 17.9. The van der Waals surface area contributed by atoms with Gasteiger partial charge in [0.15, 0.2) is 0 Å². The summed E-state index contributed by atoms with van der Waals surface area (Å²) in [6, 6.07) is 44.1. The minimum absolute atomic E-state index is 0.0329. The maximum absolute atomic E-state index is 6.80. The SMILES string of the molecule is CC1(C)CC(C)(C)c2cc3c(cc21)Oc1cccc2c1B3c1cc3c(cc1O2)-c1ccc(N(c2ccccc2)c2ccccc2)cc1C3(C)C. The third-order valence-corrected chi connectivity index (χ3v) is 11.9. The van der Waals surface area contributed by atoms with Crippen LogP contribution in [0.2, 0.25) is 0 Å². The van der Waals surface area contributed by atoms with Crippen molar-refractivity contribution < 1.29 is 9.47 Å². The van der Waals surface area contributed by atoms with Crippen LogP contribution in [-0.4, -0.2) is 6.71 Å². The zero-order valence-corrected chi connectivity index (χ0v) is 29.6. The zero-order chi connectivity index (χ0) is 34.2. The first kappa shape index (κ1) is 29.7. The molecule has 0 unspecified atom stereocenters. The molecule has 0 spiro atoms. The normalized spacial score (nSPS) is 17.3. The molecule has 10 rings (SSSR count). The quantitative estimate of drug-likeness (QED) is 0.178. The van der Waals surface area contributed by atoms with Gasteiger partial charge in [-0.3, -0.25) is 0 Å². The maximum atomic E-state index is 6.80. The van der Waals surface area contributed by atoms with Crippen molar-refractivity contribution in [3.8, 4) is 34.1 Å². The van der Waals surface area contributed by atoms with E-state index in [1.165, 1.54) is 44.3 Å². The van der Waals surface area contributed by atoms with Crippen LogP contribution in [0.3, 0.4) is 0 Å². The van der Waals surface area contributed by atoms with Gasteiger partial charge in [-0.2, -0.15) is 0 Å². The van der Waals surface area contributed by atoms with Crippen LogP contribution >= 0.6 is 0 Å². The van der Waals surface area contributed by atoms with Crippen LogP contribution in [0.15, 0.2) is 121 Å². The number of benzene rings is 6. The number of fused-ring (bicyclic) bond motifs is 8. The van der Waals surface area contributed by atoms with Gasteiger partial charge in [-0.1, -0.05) is 102 Å². The van der Waals surface area contributed by atoms with Crippen molar-refractivity contribution in [3.05, 3.63) is 144 Å². The standard InChI is InChI=1S/C46H40BNO2/c1-44(2)27-45(3,4)36-26-42-38(25-35(36)44)47-37-24-34-32(23-41(37)49-39-18-13-19-40(50-42)43(39)47)31-21-20-30(22-33(31)46(34,5)6)48(28-14-9-7-10-15-28)29-16-11-8-12-17-29/h7-26H,27H2,1-6H3. The molecule has 0 saturated carbocycles. The summed E-state index contributed by atoms with van der Waals surface area (Å²) in [6.07, 6.45) is 1.12. The van der Waals surface area contributed by atoms with Crippen molar-refractivity contribution in [2.45, 2.75) is 64.2 Å². The topological polar surface area (TPSA) is 21.7 Å². The summed E-state index contributed by atoms with van der Waals surface area (Å²) < 4.78 is 13.5. The summed E-state index contributed by atoms with van der Waals surface area (Å²) in [5.41, 5.74) is 15.1. The number of hydrogen-bond donors (Lipinski definition) is 0. The Labute approximate surface area is 295 Å². The van der Waals surface area contributed by atoms with Crippen LogP contribution in [0.5, 0.6) is 23.0 Å². The number of ether oxygens (including phenoxy) is 2. The molecule has 3 nitrogen and oxygen atoms in total. The molecule has 0 fully saturated rings. The highest BCUT2D eigenvalue weighted by Crippen LogP contribution is 2.53. The van der Waals surface area contributed by atoms with Gasteiger partial charge in [0.1, 0.15) is 23.0 Å². The molecule has 0 radical (unpaired) electrons. The molecule has 50 heavy (non-hydrogen) atoms. The summed E-state index contributed by atoms with van der Waals surface area (Å²) in [4.78, 5) is 2.35. The van der Waals surface area contributed by atoms with Crippen molar-refractivity contribution in [2.24, 2.45) is 0 Å². The van der Waals surface area contributed by atoms with Gasteiger partial charge in [-0.05, 0) is 122 Å². The molecule has 6 aromatic rings. The number of para-hydroxylation sites is 2. The second-order valence-electron chi connectivity index (χ2n) is 16.5. The highest BCUT2D eigenvalue weighted by atomic mass is 16.5. The second-order valence-corrected chi connectivity index (χ2v) is 16.5. The summed E-state index contributed by atoms with van der Waals surface area (Å²) in [5, 5.41) is 0. The lowest BCUT2D eigenvalue weighted by Gasteiger charge is -2.35. The lowest BCUT2D eigenvalue weighted by molar-refractivity contribution is 0.402. The smallest absolute Gasteiger partial charge is 0.260 e.